The van der Waals surface area contributed by atoms with E-state index in [2.05, 4.69) is 10.3 Å². The Morgan fingerprint density at radius 2 is 1.96 bits per heavy atom. The molecule has 0 unspecified atom stereocenters. The van der Waals surface area contributed by atoms with Crippen molar-refractivity contribution in [3.05, 3.63) is 59.5 Å². The van der Waals surface area contributed by atoms with Gasteiger partial charge in [-0.15, -0.1) is 11.3 Å². The van der Waals surface area contributed by atoms with E-state index >= 15 is 0 Å². The number of carbonyl (C=O) groups excluding carboxylic acids is 1. The maximum atomic E-state index is 12.4. The lowest BCUT2D eigenvalue weighted by atomic mass is 10.2. The van der Waals surface area contributed by atoms with Gasteiger partial charge in [0, 0.05) is 10.9 Å². The Morgan fingerprint density at radius 1 is 1.09 bits per heavy atom. The fourth-order valence-electron chi connectivity index (χ4n) is 2.35. The lowest BCUT2D eigenvalue weighted by Gasteiger charge is -2.05. The Balaban J connectivity index is 1.56. The molecule has 1 aromatic heterocycles. The first-order valence-corrected chi connectivity index (χ1v) is 7.90. The van der Waals surface area contributed by atoms with Gasteiger partial charge >= 0.3 is 0 Å². The molecule has 0 fully saturated rings. The summed E-state index contributed by atoms with van der Waals surface area (Å²) in [6.07, 6.45) is 0. The number of amides is 1. The molecule has 1 aliphatic heterocycles. The van der Waals surface area contributed by atoms with Crippen molar-refractivity contribution in [2.45, 2.75) is 0 Å². The second kappa shape index (κ2) is 5.73. The number of para-hydroxylation sites is 1. The van der Waals surface area contributed by atoms with Gasteiger partial charge in [-0.3, -0.25) is 10.1 Å². The Morgan fingerprint density at radius 3 is 2.83 bits per heavy atom. The molecule has 0 saturated heterocycles. The Bertz CT molecular complexity index is 861. The van der Waals surface area contributed by atoms with Crippen molar-refractivity contribution >= 4 is 22.4 Å². The fraction of sp³-hybridized carbons (Fsp3) is 0.0588. The van der Waals surface area contributed by atoms with E-state index in [0.717, 1.165) is 11.3 Å². The van der Waals surface area contributed by atoms with Crippen LogP contribution in [0.15, 0.2) is 53.9 Å². The molecular weight excluding hydrogens is 312 g/mol. The van der Waals surface area contributed by atoms with Crippen LogP contribution in [0.2, 0.25) is 0 Å². The van der Waals surface area contributed by atoms with Gasteiger partial charge in [-0.05, 0) is 12.1 Å². The summed E-state index contributed by atoms with van der Waals surface area (Å²) in [5.41, 5.74) is 2.29. The number of ether oxygens (including phenoxy) is 2. The van der Waals surface area contributed by atoms with E-state index in [-0.39, 0.29) is 12.7 Å². The quantitative estimate of drug-likeness (QED) is 0.796. The molecule has 3 aromatic rings. The standard InChI is InChI=1S/C17H12N2O3S/c20-16(12-7-4-8-14-15(12)22-10-21-14)19-17-18-13(9-23-17)11-5-2-1-3-6-11/h1-9H,10H2,(H,18,19,20). The summed E-state index contributed by atoms with van der Waals surface area (Å²) in [5.74, 6) is 0.799. The molecule has 114 valence electrons. The van der Waals surface area contributed by atoms with Gasteiger partial charge in [-0.1, -0.05) is 36.4 Å². The Kier molecular flexibility index (Phi) is 3.44. The molecule has 6 heteroatoms. The van der Waals surface area contributed by atoms with Gasteiger partial charge in [-0.2, -0.15) is 0 Å². The average Bonchev–Trinajstić information content (AvgIpc) is 3.24. The summed E-state index contributed by atoms with van der Waals surface area (Å²) < 4.78 is 10.6. The van der Waals surface area contributed by atoms with E-state index in [1.54, 1.807) is 18.2 Å². The summed E-state index contributed by atoms with van der Waals surface area (Å²) in [6.45, 7) is 0.134. The molecule has 1 aliphatic rings. The van der Waals surface area contributed by atoms with Crippen LogP contribution in [0, 0.1) is 0 Å². The van der Waals surface area contributed by atoms with Gasteiger partial charge in [0.2, 0.25) is 6.79 Å². The van der Waals surface area contributed by atoms with Crippen molar-refractivity contribution < 1.29 is 14.3 Å². The zero-order valence-electron chi connectivity index (χ0n) is 12.0. The Hall–Kier alpha value is -2.86. The normalized spacial score (nSPS) is 12.2. The van der Waals surface area contributed by atoms with Crippen LogP contribution >= 0.6 is 11.3 Å². The molecule has 0 atom stereocenters. The highest BCUT2D eigenvalue weighted by Crippen LogP contribution is 2.35. The van der Waals surface area contributed by atoms with Gasteiger partial charge in [0.1, 0.15) is 0 Å². The van der Waals surface area contributed by atoms with E-state index in [0.29, 0.717) is 22.2 Å². The van der Waals surface area contributed by atoms with E-state index in [4.69, 9.17) is 9.47 Å². The number of thiazole rings is 1. The van der Waals surface area contributed by atoms with Crippen molar-refractivity contribution in [1.29, 1.82) is 0 Å². The highest BCUT2D eigenvalue weighted by Gasteiger charge is 2.22. The predicted octanol–water partition coefficient (Wildman–Crippen LogP) is 3.79. The Labute approximate surface area is 136 Å². The molecular formula is C17H12N2O3S. The molecule has 0 aliphatic carbocycles. The number of hydrogen-bond acceptors (Lipinski definition) is 5. The minimum atomic E-state index is -0.263. The molecule has 0 radical (unpaired) electrons. The highest BCUT2D eigenvalue weighted by atomic mass is 32.1. The van der Waals surface area contributed by atoms with Crippen LogP contribution in [-0.2, 0) is 0 Å². The molecule has 0 spiro atoms. The minimum absolute atomic E-state index is 0.134. The molecule has 1 amide bonds. The largest absolute Gasteiger partial charge is 0.454 e. The number of benzene rings is 2. The first-order chi connectivity index (χ1) is 11.3. The first-order valence-electron chi connectivity index (χ1n) is 7.02. The van der Waals surface area contributed by atoms with Crippen LogP contribution in [-0.4, -0.2) is 17.7 Å². The summed E-state index contributed by atoms with van der Waals surface area (Å²) in [5, 5.41) is 5.27. The molecule has 0 bridgehead atoms. The second-order valence-electron chi connectivity index (χ2n) is 4.90. The zero-order valence-corrected chi connectivity index (χ0v) is 12.8. The molecule has 5 nitrogen and oxygen atoms in total. The average molecular weight is 324 g/mol. The summed E-state index contributed by atoms with van der Waals surface area (Å²) in [7, 11) is 0. The third-order valence-electron chi connectivity index (χ3n) is 3.44. The summed E-state index contributed by atoms with van der Waals surface area (Å²) in [6, 6.07) is 15.1. The van der Waals surface area contributed by atoms with Gasteiger partial charge in [-0.25, -0.2) is 4.98 Å². The fourth-order valence-corrected chi connectivity index (χ4v) is 3.06. The number of aromatic nitrogens is 1. The minimum Gasteiger partial charge on any atom is -0.454 e. The number of nitrogens with zero attached hydrogens (tertiary/aromatic N) is 1. The molecule has 1 N–H and O–H groups in total. The molecule has 23 heavy (non-hydrogen) atoms. The van der Waals surface area contributed by atoms with Crippen LogP contribution in [0.3, 0.4) is 0 Å². The number of rotatable bonds is 3. The second-order valence-corrected chi connectivity index (χ2v) is 5.76. The SMILES string of the molecule is O=C(Nc1nc(-c2ccccc2)cs1)c1cccc2c1OCO2. The zero-order chi connectivity index (χ0) is 15.6. The maximum absolute atomic E-state index is 12.4. The molecule has 2 heterocycles. The van der Waals surface area contributed by atoms with Crippen LogP contribution in [0.1, 0.15) is 10.4 Å². The van der Waals surface area contributed by atoms with E-state index < -0.39 is 0 Å². The van der Waals surface area contributed by atoms with Crippen molar-refractivity contribution in [3.63, 3.8) is 0 Å². The lowest BCUT2D eigenvalue weighted by molar-refractivity contribution is 0.102. The highest BCUT2D eigenvalue weighted by molar-refractivity contribution is 7.14. The van der Waals surface area contributed by atoms with Gasteiger partial charge in [0.15, 0.2) is 16.6 Å². The first kappa shape index (κ1) is 13.8. The molecule has 2 aromatic carbocycles. The van der Waals surface area contributed by atoms with E-state index in [1.165, 1.54) is 11.3 Å². The third kappa shape index (κ3) is 2.64. The topological polar surface area (TPSA) is 60.5 Å². The smallest absolute Gasteiger partial charge is 0.261 e. The summed E-state index contributed by atoms with van der Waals surface area (Å²) >= 11 is 1.39. The van der Waals surface area contributed by atoms with Crippen molar-refractivity contribution in [3.8, 4) is 22.8 Å². The number of carbonyl (C=O) groups is 1. The third-order valence-corrected chi connectivity index (χ3v) is 4.19. The van der Waals surface area contributed by atoms with Gasteiger partial charge < -0.3 is 9.47 Å². The van der Waals surface area contributed by atoms with Gasteiger partial charge in [0.25, 0.3) is 5.91 Å². The number of hydrogen-bond donors (Lipinski definition) is 1. The van der Waals surface area contributed by atoms with Crippen molar-refractivity contribution in [2.75, 3.05) is 12.1 Å². The maximum Gasteiger partial charge on any atom is 0.261 e. The monoisotopic (exact) mass is 324 g/mol. The number of anilines is 1. The molecule has 4 rings (SSSR count). The van der Waals surface area contributed by atoms with Crippen molar-refractivity contribution in [1.82, 2.24) is 4.98 Å². The van der Waals surface area contributed by atoms with Gasteiger partial charge in [0.05, 0.1) is 11.3 Å². The van der Waals surface area contributed by atoms with Crippen molar-refractivity contribution in [2.24, 2.45) is 0 Å². The van der Waals surface area contributed by atoms with Crippen LogP contribution in [0.4, 0.5) is 5.13 Å². The van der Waals surface area contributed by atoms with Crippen LogP contribution in [0.5, 0.6) is 11.5 Å². The summed E-state index contributed by atoms with van der Waals surface area (Å²) in [4.78, 5) is 16.9. The number of fused-ring (bicyclic) bond motifs is 1. The van der Waals surface area contributed by atoms with E-state index in [1.807, 2.05) is 35.7 Å². The van der Waals surface area contributed by atoms with E-state index in [9.17, 15) is 4.79 Å². The lowest BCUT2D eigenvalue weighted by Crippen LogP contribution is -2.12. The molecule has 0 saturated carbocycles. The van der Waals surface area contributed by atoms with Crippen LogP contribution in [0.25, 0.3) is 11.3 Å². The van der Waals surface area contributed by atoms with Crippen LogP contribution < -0.4 is 14.8 Å². The predicted molar refractivity (Wildman–Crippen MR) is 88.1 cm³/mol. The number of nitrogens with one attached hydrogen (secondary N) is 1.